The van der Waals surface area contributed by atoms with Gasteiger partial charge in [-0.2, -0.15) is 0 Å². The molecular weight excluding hydrogens is 344 g/mol. The summed E-state index contributed by atoms with van der Waals surface area (Å²) in [4.78, 5) is 0. The molecule has 106 valence electrons. The third-order valence-corrected chi connectivity index (χ3v) is 11.6. The van der Waals surface area contributed by atoms with Crippen molar-refractivity contribution in [3.05, 3.63) is 59.1 Å². The molecule has 0 atom stereocenters. The molecule has 4 heteroatoms. The number of hydrogen-bond donors (Lipinski definition) is 0. The molecule has 0 heterocycles. The second-order valence-electron chi connectivity index (χ2n) is 6.00. The van der Waals surface area contributed by atoms with E-state index in [2.05, 4.69) is 96.7 Å². The van der Waals surface area contributed by atoms with E-state index in [0.717, 1.165) is 4.47 Å². The van der Waals surface area contributed by atoms with Crippen molar-refractivity contribution in [2.45, 2.75) is 26.2 Å². The molecule has 2 rings (SSSR count). The van der Waals surface area contributed by atoms with Crippen LogP contribution in [0.15, 0.2) is 59.1 Å². The van der Waals surface area contributed by atoms with Crippen LogP contribution in [0.1, 0.15) is 0 Å². The lowest BCUT2D eigenvalue weighted by atomic mass is 10.4. The summed E-state index contributed by atoms with van der Waals surface area (Å²) in [5, 5.41) is 2.70. The Morgan fingerprint density at radius 3 is 1.65 bits per heavy atom. The SMILES string of the molecule is C[Si](C)(O[Si](C)(C)c1ccc(Br)cc1)c1ccccc1. The highest BCUT2D eigenvalue weighted by Crippen LogP contribution is 2.16. The van der Waals surface area contributed by atoms with E-state index < -0.39 is 16.6 Å². The molecule has 0 aliphatic rings. The van der Waals surface area contributed by atoms with Crippen molar-refractivity contribution in [1.82, 2.24) is 0 Å². The average molecular weight is 365 g/mol. The van der Waals surface area contributed by atoms with Gasteiger partial charge in [0.05, 0.1) is 0 Å². The lowest BCUT2D eigenvalue weighted by molar-refractivity contribution is 0.573. The second kappa shape index (κ2) is 5.97. The van der Waals surface area contributed by atoms with Crippen LogP contribution in [0, 0.1) is 0 Å². The summed E-state index contributed by atoms with van der Waals surface area (Å²) in [6, 6.07) is 19.2. The molecule has 1 nitrogen and oxygen atoms in total. The van der Waals surface area contributed by atoms with E-state index in [1.54, 1.807) is 0 Å². The summed E-state index contributed by atoms with van der Waals surface area (Å²) in [7, 11) is -3.74. The molecule has 2 aromatic rings. The van der Waals surface area contributed by atoms with Crippen LogP contribution in [0.2, 0.25) is 26.2 Å². The van der Waals surface area contributed by atoms with Gasteiger partial charge < -0.3 is 4.12 Å². The zero-order valence-electron chi connectivity index (χ0n) is 12.5. The Labute approximate surface area is 132 Å². The molecule has 0 aromatic heterocycles. The van der Waals surface area contributed by atoms with Crippen LogP contribution in [0.25, 0.3) is 0 Å². The number of rotatable bonds is 4. The zero-order chi connectivity index (χ0) is 14.8. The van der Waals surface area contributed by atoms with Crippen LogP contribution in [0.4, 0.5) is 0 Å². The van der Waals surface area contributed by atoms with Crippen LogP contribution in [0.3, 0.4) is 0 Å². The fourth-order valence-electron chi connectivity index (χ4n) is 2.45. The maximum Gasteiger partial charge on any atom is 0.206 e. The second-order valence-corrected chi connectivity index (χ2v) is 14.9. The van der Waals surface area contributed by atoms with Crippen LogP contribution in [-0.2, 0) is 4.12 Å². The van der Waals surface area contributed by atoms with Gasteiger partial charge in [0, 0.05) is 4.47 Å². The number of hydrogen-bond acceptors (Lipinski definition) is 1. The van der Waals surface area contributed by atoms with Gasteiger partial charge in [0.25, 0.3) is 0 Å². The molecule has 0 aliphatic carbocycles. The highest BCUT2D eigenvalue weighted by molar-refractivity contribution is 9.10. The average Bonchev–Trinajstić information content (AvgIpc) is 2.39. The summed E-state index contributed by atoms with van der Waals surface area (Å²) in [5.74, 6) is 0. The highest BCUT2D eigenvalue weighted by atomic mass is 79.9. The first-order valence-corrected chi connectivity index (χ1v) is 13.4. The summed E-state index contributed by atoms with van der Waals surface area (Å²) < 4.78 is 7.82. The van der Waals surface area contributed by atoms with Gasteiger partial charge in [0.15, 0.2) is 0 Å². The van der Waals surface area contributed by atoms with E-state index in [1.165, 1.54) is 10.4 Å². The maximum absolute atomic E-state index is 6.70. The quantitative estimate of drug-likeness (QED) is 0.745. The topological polar surface area (TPSA) is 9.23 Å². The Balaban J connectivity index is 2.25. The van der Waals surface area contributed by atoms with Gasteiger partial charge in [-0.05, 0) is 48.7 Å². The van der Waals surface area contributed by atoms with Crippen molar-refractivity contribution in [2.75, 3.05) is 0 Å². The summed E-state index contributed by atoms with van der Waals surface area (Å²) >= 11 is 3.49. The molecule has 20 heavy (non-hydrogen) atoms. The fourth-order valence-corrected chi connectivity index (χ4v) is 10.7. The fraction of sp³-hybridized carbons (Fsp3) is 0.250. The van der Waals surface area contributed by atoms with E-state index in [4.69, 9.17) is 4.12 Å². The first-order valence-electron chi connectivity index (χ1n) is 6.83. The van der Waals surface area contributed by atoms with Crippen molar-refractivity contribution in [1.29, 1.82) is 0 Å². The Bertz CT molecular complexity index is 565. The Hall–Kier alpha value is -0.686. The van der Waals surface area contributed by atoms with Crippen LogP contribution in [0.5, 0.6) is 0 Å². The van der Waals surface area contributed by atoms with Gasteiger partial charge in [0.1, 0.15) is 0 Å². The van der Waals surface area contributed by atoms with E-state index in [1.807, 2.05) is 0 Å². The zero-order valence-corrected chi connectivity index (χ0v) is 16.1. The molecule has 0 unspecified atom stereocenters. The lowest BCUT2D eigenvalue weighted by Crippen LogP contribution is -2.57. The first kappa shape index (κ1) is 15.7. The molecule has 0 saturated carbocycles. The number of halogens is 1. The van der Waals surface area contributed by atoms with E-state index in [0.29, 0.717) is 0 Å². The third kappa shape index (κ3) is 3.69. The summed E-state index contributed by atoms with van der Waals surface area (Å²) in [6.07, 6.45) is 0. The van der Waals surface area contributed by atoms with Gasteiger partial charge >= 0.3 is 0 Å². The van der Waals surface area contributed by atoms with Crippen LogP contribution >= 0.6 is 15.9 Å². The highest BCUT2D eigenvalue weighted by Gasteiger charge is 2.35. The standard InChI is InChI=1S/C16H21BrOSi2/c1-19(2,15-8-6-5-7-9-15)18-20(3,4)16-12-10-14(17)11-13-16/h5-13H,1-4H3. The Morgan fingerprint density at radius 1 is 0.700 bits per heavy atom. The number of benzene rings is 2. The van der Waals surface area contributed by atoms with Gasteiger partial charge in [-0.25, -0.2) is 0 Å². The summed E-state index contributed by atoms with van der Waals surface area (Å²) in [5.41, 5.74) is 0. The first-order chi connectivity index (χ1) is 9.31. The van der Waals surface area contributed by atoms with E-state index in [9.17, 15) is 0 Å². The van der Waals surface area contributed by atoms with Crippen molar-refractivity contribution in [3.8, 4) is 0 Å². The Kier molecular flexibility index (Phi) is 4.69. The minimum absolute atomic E-state index is 1.12. The summed E-state index contributed by atoms with van der Waals surface area (Å²) in [6.45, 7) is 9.15. The van der Waals surface area contributed by atoms with Crippen LogP contribution < -0.4 is 10.4 Å². The molecule has 0 fully saturated rings. The molecule has 0 bridgehead atoms. The molecule has 2 aromatic carbocycles. The van der Waals surface area contributed by atoms with Crippen molar-refractivity contribution >= 4 is 42.9 Å². The molecule has 0 spiro atoms. The van der Waals surface area contributed by atoms with Gasteiger partial charge in [-0.15, -0.1) is 0 Å². The largest absolute Gasteiger partial charge is 0.449 e. The van der Waals surface area contributed by atoms with E-state index in [-0.39, 0.29) is 0 Å². The maximum atomic E-state index is 6.70. The molecule has 0 aliphatic heterocycles. The minimum atomic E-state index is -1.88. The van der Waals surface area contributed by atoms with Crippen molar-refractivity contribution in [2.24, 2.45) is 0 Å². The van der Waals surface area contributed by atoms with Crippen molar-refractivity contribution in [3.63, 3.8) is 0 Å². The van der Waals surface area contributed by atoms with Gasteiger partial charge in [-0.1, -0.05) is 58.4 Å². The minimum Gasteiger partial charge on any atom is -0.449 e. The molecule has 0 radical (unpaired) electrons. The third-order valence-electron chi connectivity index (χ3n) is 3.52. The predicted octanol–water partition coefficient (Wildman–Crippen LogP) is 3.99. The van der Waals surface area contributed by atoms with Crippen molar-refractivity contribution < 1.29 is 4.12 Å². The molecular formula is C16H21BrOSi2. The normalized spacial score (nSPS) is 12.4. The van der Waals surface area contributed by atoms with Gasteiger partial charge in [-0.3, -0.25) is 0 Å². The molecule has 0 saturated heterocycles. The molecule has 0 N–H and O–H groups in total. The van der Waals surface area contributed by atoms with Crippen LogP contribution in [-0.4, -0.2) is 16.6 Å². The molecule has 0 amide bonds. The van der Waals surface area contributed by atoms with Gasteiger partial charge in [0.2, 0.25) is 16.6 Å². The predicted molar refractivity (Wildman–Crippen MR) is 95.9 cm³/mol. The monoisotopic (exact) mass is 364 g/mol. The smallest absolute Gasteiger partial charge is 0.206 e. The van der Waals surface area contributed by atoms with E-state index >= 15 is 0 Å². The lowest BCUT2D eigenvalue weighted by Gasteiger charge is -2.34. The Morgan fingerprint density at radius 2 is 1.15 bits per heavy atom.